The number of carbonyl (C=O) groups excluding carboxylic acids is 1. The highest BCUT2D eigenvalue weighted by Gasteiger charge is 2.51. The standard InChI is InChI=1S/C15H19NO5/c1-15(13(17)18)8-12(20-2)9-16(15)14(19)21-10-11-6-4-3-5-7-11/h3-7,12H,8-10H2,1-2H3,(H,17,18). The Morgan fingerprint density at radius 2 is 2.05 bits per heavy atom. The number of carboxylic acids is 1. The van der Waals surface area contributed by atoms with E-state index in [0.717, 1.165) is 5.56 Å². The fourth-order valence-electron chi connectivity index (χ4n) is 2.46. The van der Waals surface area contributed by atoms with Crippen LogP contribution in [0.2, 0.25) is 0 Å². The molecule has 0 radical (unpaired) electrons. The lowest BCUT2D eigenvalue weighted by Crippen LogP contribution is -2.50. The lowest BCUT2D eigenvalue weighted by molar-refractivity contribution is -0.148. The van der Waals surface area contributed by atoms with Crippen LogP contribution < -0.4 is 0 Å². The zero-order valence-electron chi connectivity index (χ0n) is 12.1. The van der Waals surface area contributed by atoms with Gasteiger partial charge in [0.05, 0.1) is 12.6 Å². The van der Waals surface area contributed by atoms with Crippen LogP contribution >= 0.6 is 0 Å². The van der Waals surface area contributed by atoms with Gasteiger partial charge in [0.2, 0.25) is 0 Å². The molecule has 1 saturated heterocycles. The van der Waals surface area contributed by atoms with E-state index >= 15 is 0 Å². The molecule has 1 aliphatic heterocycles. The first-order chi connectivity index (χ1) is 9.97. The molecule has 0 spiro atoms. The van der Waals surface area contributed by atoms with Crippen molar-refractivity contribution in [2.45, 2.75) is 31.6 Å². The van der Waals surface area contributed by atoms with Gasteiger partial charge in [-0.15, -0.1) is 0 Å². The van der Waals surface area contributed by atoms with E-state index in [4.69, 9.17) is 9.47 Å². The van der Waals surface area contributed by atoms with Crippen LogP contribution in [-0.2, 0) is 20.9 Å². The Labute approximate surface area is 123 Å². The van der Waals surface area contributed by atoms with Crippen LogP contribution in [0.25, 0.3) is 0 Å². The quantitative estimate of drug-likeness (QED) is 0.917. The van der Waals surface area contributed by atoms with Crippen LogP contribution in [0.4, 0.5) is 4.79 Å². The van der Waals surface area contributed by atoms with E-state index in [1.807, 2.05) is 30.3 Å². The van der Waals surface area contributed by atoms with Gasteiger partial charge in [-0.05, 0) is 12.5 Å². The third-order valence-corrected chi connectivity index (χ3v) is 3.83. The summed E-state index contributed by atoms with van der Waals surface area (Å²) >= 11 is 0. The second kappa shape index (κ2) is 6.13. The summed E-state index contributed by atoms with van der Waals surface area (Å²) in [6.45, 7) is 1.84. The number of methoxy groups -OCH3 is 1. The number of rotatable bonds is 4. The second-order valence-corrected chi connectivity index (χ2v) is 5.29. The molecule has 1 N–H and O–H groups in total. The molecule has 1 aliphatic rings. The lowest BCUT2D eigenvalue weighted by Gasteiger charge is -2.29. The summed E-state index contributed by atoms with van der Waals surface area (Å²) in [5, 5.41) is 9.39. The van der Waals surface area contributed by atoms with Gasteiger partial charge >= 0.3 is 12.1 Å². The predicted molar refractivity (Wildman–Crippen MR) is 74.8 cm³/mol. The predicted octanol–water partition coefficient (Wildman–Crippen LogP) is 1.89. The molecule has 0 aromatic heterocycles. The van der Waals surface area contributed by atoms with Crippen molar-refractivity contribution in [3.8, 4) is 0 Å². The van der Waals surface area contributed by atoms with Crippen LogP contribution in [0.1, 0.15) is 18.9 Å². The Balaban J connectivity index is 2.04. The molecule has 1 fully saturated rings. The summed E-state index contributed by atoms with van der Waals surface area (Å²) in [6, 6.07) is 9.25. The molecule has 1 aromatic rings. The topological polar surface area (TPSA) is 76.1 Å². The number of carboxylic acid groups (broad SMARTS) is 1. The minimum absolute atomic E-state index is 0.115. The average molecular weight is 293 g/mol. The Morgan fingerprint density at radius 1 is 1.38 bits per heavy atom. The Hall–Kier alpha value is -2.08. The molecular formula is C15H19NO5. The highest BCUT2D eigenvalue weighted by Crippen LogP contribution is 2.31. The van der Waals surface area contributed by atoms with Gasteiger partial charge in [-0.3, -0.25) is 4.90 Å². The van der Waals surface area contributed by atoms with Crippen LogP contribution in [0.3, 0.4) is 0 Å². The fraction of sp³-hybridized carbons (Fsp3) is 0.467. The molecule has 2 atom stereocenters. The van der Waals surface area contributed by atoms with E-state index in [2.05, 4.69) is 0 Å². The zero-order chi connectivity index (χ0) is 15.5. The maximum atomic E-state index is 12.2. The van der Waals surface area contributed by atoms with E-state index in [9.17, 15) is 14.7 Å². The third kappa shape index (κ3) is 3.16. The van der Waals surface area contributed by atoms with Crippen LogP contribution in [0.5, 0.6) is 0 Å². The molecule has 0 bridgehead atoms. The van der Waals surface area contributed by atoms with Crippen LogP contribution in [-0.4, -0.2) is 47.4 Å². The summed E-state index contributed by atoms with van der Waals surface area (Å²) in [4.78, 5) is 24.9. The summed E-state index contributed by atoms with van der Waals surface area (Å²) in [5.74, 6) is -1.06. The summed E-state index contributed by atoms with van der Waals surface area (Å²) < 4.78 is 10.4. The van der Waals surface area contributed by atoms with E-state index < -0.39 is 17.6 Å². The Kier molecular flexibility index (Phi) is 4.47. The molecule has 1 heterocycles. The van der Waals surface area contributed by atoms with Crippen molar-refractivity contribution in [1.29, 1.82) is 0 Å². The van der Waals surface area contributed by atoms with Crippen molar-refractivity contribution in [3.05, 3.63) is 35.9 Å². The molecule has 2 unspecified atom stereocenters. The van der Waals surface area contributed by atoms with E-state index in [0.29, 0.717) is 0 Å². The summed E-state index contributed by atoms with van der Waals surface area (Å²) in [5.41, 5.74) is -0.445. The van der Waals surface area contributed by atoms with Gasteiger partial charge in [-0.1, -0.05) is 30.3 Å². The maximum Gasteiger partial charge on any atom is 0.411 e. The SMILES string of the molecule is COC1CN(C(=O)OCc2ccccc2)C(C)(C(=O)O)C1. The number of amides is 1. The molecule has 6 nitrogen and oxygen atoms in total. The Morgan fingerprint density at radius 3 is 2.62 bits per heavy atom. The van der Waals surface area contributed by atoms with Crippen molar-refractivity contribution in [2.75, 3.05) is 13.7 Å². The van der Waals surface area contributed by atoms with E-state index in [1.54, 1.807) is 0 Å². The Bertz CT molecular complexity index is 518. The van der Waals surface area contributed by atoms with Gasteiger partial charge in [0.15, 0.2) is 0 Å². The van der Waals surface area contributed by atoms with Crippen LogP contribution in [0.15, 0.2) is 30.3 Å². The minimum atomic E-state index is -1.30. The highest BCUT2D eigenvalue weighted by atomic mass is 16.6. The minimum Gasteiger partial charge on any atom is -0.480 e. The number of ether oxygens (including phenoxy) is 2. The molecule has 6 heteroatoms. The average Bonchev–Trinajstić information content (AvgIpc) is 2.84. The first-order valence-corrected chi connectivity index (χ1v) is 6.72. The lowest BCUT2D eigenvalue weighted by atomic mass is 9.99. The number of carbonyl (C=O) groups is 2. The number of aliphatic carboxylic acids is 1. The zero-order valence-corrected chi connectivity index (χ0v) is 12.1. The number of benzene rings is 1. The number of hydrogen-bond donors (Lipinski definition) is 1. The normalized spacial score (nSPS) is 24.9. The van der Waals surface area contributed by atoms with Gasteiger partial charge < -0.3 is 14.6 Å². The molecular weight excluding hydrogens is 274 g/mol. The first kappa shape index (κ1) is 15.3. The summed E-state index contributed by atoms with van der Waals surface area (Å²) in [6.07, 6.45) is -0.683. The summed E-state index contributed by atoms with van der Waals surface area (Å²) in [7, 11) is 1.51. The van der Waals surface area contributed by atoms with Gasteiger partial charge in [0.1, 0.15) is 12.1 Å². The molecule has 1 aromatic carbocycles. The number of nitrogens with zero attached hydrogens (tertiary/aromatic N) is 1. The molecule has 1 amide bonds. The van der Waals surface area contributed by atoms with Gasteiger partial charge in [-0.2, -0.15) is 0 Å². The smallest absolute Gasteiger partial charge is 0.411 e. The van der Waals surface area contributed by atoms with Crippen molar-refractivity contribution in [1.82, 2.24) is 4.90 Å². The number of likely N-dealkylation sites (tertiary alicyclic amines) is 1. The molecule has 2 rings (SSSR count). The van der Waals surface area contributed by atoms with E-state index in [-0.39, 0.29) is 25.7 Å². The van der Waals surface area contributed by atoms with Crippen molar-refractivity contribution in [3.63, 3.8) is 0 Å². The molecule has 21 heavy (non-hydrogen) atoms. The third-order valence-electron chi connectivity index (χ3n) is 3.83. The molecule has 0 saturated carbocycles. The van der Waals surface area contributed by atoms with Crippen LogP contribution in [0, 0.1) is 0 Å². The second-order valence-electron chi connectivity index (χ2n) is 5.29. The maximum absolute atomic E-state index is 12.2. The van der Waals surface area contributed by atoms with Gasteiger partial charge in [-0.25, -0.2) is 9.59 Å². The van der Waals surface area contributed by atoms with Gasteiger partial charge in [0, 0.05) is 13.5 Å². The van der Waals surface area contributed by atoms with Crippen molar-refractivity contribution in [2.24, 2.45) is 0 Å². The largest absolute Gasteiger partial charge is 0.480 e. The molecule has 114 valence electrons. The van der Waals surface area contributed by atoms with Crippen molar-refractivity contribution >= 4 is 12.1 Å². The molecule has 0 aliphatic carbocycles. The number of hydrogen-bond acceptors (Lipinski definition) is 4. The fourth-order valence-corrected chi connectivity index (χ4v) is 2.46. The first-order valence-electron chi connectivity index (χ1n) is 6.72. The van der Waals surface area contributed by atoms with Gasteiger partial charge in [0.25, 0.3) is 0 Å². The highest BCUT2D eigenvalue weighted by molar-refractivity contribution is 5.84. The monoisotopic (exact) mass is 293 g/mol. The van der Waals surface area contributed by atoms with Crippen molar-refractivity contribution < 1.29 is 24.2 Å². The van der Waals surface area contributed by atoms with E-state index in [1.165, 1.54) is 18.9 Å².